The second-order valence-corrected chi connectivity index (χ2v) is 13.6. The summed E-state index contributed by atoms with van der Waals surface area (Å²) in [5.74, 6) is -0.0664. The number of nitrogens with zero attached hydrogens (tertiary/aromatic N) is 3. The van der Waals surface area contributed by atoms with Crippen LogP contribution in [0.5, 0.6) is 0 Å². The molecule has 4 N–H and O–H groups in total. The van der Waals surface area contributed by atoms with Crippen LogP contribution in [0.2, 0.25) is 0 Å². The van der Waals surface area contributed by atoms with Crippen molar-refractivity contribution >= 4 is 35.1 Å². The molecule has 4 aliphatic carbocycles. The molecule has 244 valence electrons. The van der Waals surface area contributed by atoms with Crippen LogP contribution in [0, 0.1) is 23.7 Å². The first-order chi connectivity index (χ1) is 21.7. The predicted octanol–water partition coefficient (Wildman–Crippen LogP) is -0.302. The lowest BCUT2D eigenvalue weighted by Crippen LogP contribution is -2.66. The van der Waals surface area contributed by atoms with E-state index in [0.29, 0.717) is 24.9 Å². The molecule has 8 rings (SSSR count). The van der Waals surface area contributed by atoms with Crippen LogP contribution in [-0.2, 0) is 30.5 Å². The fourth-order valence-electron chi connectivity index (χ4n) is 8.57. The fraction of sp³-hybridized carbons (Fsp3) is 0.688. The van der Waals surface area contributed by atoms with E-state index in [4.69, 9.17) is 0 Å². The maximum Gasteiger partial charge on any atom is 0.287 e. The van der Waals surface area contributed by atoms with E-state index in [1.165, 1.54) is 48.9 Å². The predicted molar refractivity (Wildman–Crippen MR) is 165 cm³/mol. The lowest BCUT2D eigenvalue weighted by atomic mass is 9.54. The minimum absolute atomic E-state index is 0.0363. The van der Waals surface area contributed by atoms with Gasteiger partial charge >= 0.3 is 0 Å². The summed E-state index contributed by atoms with van der Waals surface area (Å²) < 4.78 is 1.27. The number of piperazine rings is 3. The van der Waals surface area contributed by atoms with E-state index >= 15 is 0 Å². The summed E-state index contributed by atoms with van der Waals surface area (Å²) in [5, 5.41) is 11.1. The number of amides is 4. The average molecular weight is 624 g/mol. The van der Waals surface area contributed by atoms with Crippen molar-refractivity contribution in [2.45, 2.75) is 76.5 Å². The first kappa shape index (κ1) is 31.4. The topological polar surface area (TPSA) is 162 Å². The number of rotatable bonds is 12. The number of hydrogen-bond donors (Lipinski definition) is 4. The molecule has 7 aliphatic rings. The molecule has 6 bridgehead atoms. The first-order valence-corrected chi connectivity index (χ1v) is 16.6. The number of carbonyl (C=O) groups excluding carboxylic acids is 5. The van der Waals surface area contributed by atoms with Gasteiger partial charge in [-0.3, -0.25) is 38.6 Å². The molecule has 1 aromatic rings. The number of pyridine rings is 1. The maximum absolute atomic E-state index is 13.5. The zero-order valence-corrected chi connectivity index (χ0v) is 26.0. The van der Waals surface area contributed by atoms with Gasteiger partial charge in [0.05, 0.1) is 0 Å². The lowest BCUT2D eigenvalue weighted by molar-refractivity contribution is -0.138. The summed E-state index contributed by atoms with van der Waals surface area (Å²) in [7, 11) is 0. The molecule has 13 nitrogen and oxygen atoms in total. The quantitative estimate of drug-likeness (QED) is 0.231. The Morgan fingerprint density at radius 3 is 2.27 bits per heavy atom. The molecule has 4 saturated carbocycles. The van der Waals surface area contributed by atoms with Gasteiger partial charge in [0.1, 0.15) is 24.3 Å². The van der Waals surface area contributed by atoms with Crippen molar-refractivity contribution in [3.8, 4) is 0 Å². The van der Waals surface area contributed by atoms with Crippen molar-refractivity contribution in [3.63, 3.8) is 0 Å². The summed E-state index contributed by atoms with van der Waals surface area (Å²) >= 11 is 0. The highest BCUT2D eigenvalue weighted by Crippen LogP contribution is 2.53. The second-order valence-electron chi connectivity index (χ2n) is 13.6. The molecule has 0 aromatic carbocycles. The number of aromatic nitrogens is 1. The first-order valence-electron chi connectivity index (χ1n) is 16.6. The Hall–Kier alpha value is -3.58. The largest absolute Gasteiger partial charge is 0.351 e. The molecule has 1 aromatic heterocycles. The van der Waals surface area contributed by atoms with E-state index in [0.717, 1.165) is 38.0 Å². The summed E-state index contributed by atoms with van der Waals surface area (Å²) in [4.78, 5) is 81.9. The van der Waals surface area contributed by atoms with Crippen molar-refractivity contribution in [1.82, 2.24) is 30.3 Å². The van der Waals surface area contributed by atoms with E-state index in [2.05, 4.69) is 31.1 Å². The van der Waals surface area contributed by atoms with Gasteiger partial charge in [0.25, 0.3) is 11.5 Å². The van der Waals surface area contributed by atoms with Gasteiger partial charge in [-0.1, -0.05) is 0 Å². The molecule has 0 unspecified atom stereocenters. The minimum Gasteiger partial charge on any atom is -0.351 e. The van der Waals surface area contributed by atoms with Crippen molar-refractivity contribution in [2.24, 2.45) is 23.7 Å². The molecule has 3 saturated heterocycles. The fourth-order valence-corrected chi connectivity index (χ4v) is 8.57. The molecule has 3 aliphatic heterocycles. The highest BCUT2D eigenvalue weighted by molar-refractivity contribution is 6.36. The van der Waals surface area contributed by atoms with Gasteiger partial charge in [-0.15, -0.1) is 0 Å². The van der Waals surface area contributed by atoms with Crippen molar-refractivity contribution in [3.05, 3.63) is 28.7 Å². The van der Waals surface area contributed by atoms with Crippen molar-refractivity contribution in [2.75, 3.05) is 44.6 Å². The molecule has 2 atom stereocenters. The Balaban J connectivity index is 1.10. The molecular formula is C32H45N7O6. The van der Waals surface area contributed by atoms with Crippen LogP contribution < -0.4 is 26.8 Å². The van der Waals surface area contributed by atoms with Gasteiger partial charge in [0, 0.05) is 57.9 Å². The maximum atomic E-state index is 13.5. The Morgan fingerprint density at radius 2 is 1.64 bits per heavy atom. The molecule has 45 heavy (non-hydrogen) atoms. The third kappa shape index (κ3) is 6.99. The highest BCUT2D eigenvalue weighted by Gasteiger charge is 2.48. The number of likely N-dealkylation sites (N-methyl/N-ethyl adjacent to an activating group) is 1. The Kier molecular flexibility index (Phi) is 9.36. The summed E-state index contributed by atoms with van der Waals surface area (Å²) in [6.45, 7) is 5.65. The molecule has 7 fully saturated rings. The van der Waals surface area contributed by atoms with Crippen LogP contribution in [0.1, 0.15) is 51.9 Å². The Bertz CT molecular complexity index is 1360. The molecule has 4 amide bonds. The monoisotopic (exact) mass is 623 g/mol. The zero-order chi connectivity index (χ0) is 31.7. The normalized spacial score (nSPS) is 31.6. The van der Waals surface area contributed by atoms with Gasteiger partial charge in [0.15, 0.2) is 0 Å². The third-order valence-electron chi connectivity index (χ3n) is 10.6. The molecule has 13 heteroatoms. The smallest absolute Gasteiger partial charge is 0.287 e. The van der Waals surface area contributed by atoms with Crippen LogP contribution in [0.4, 0.5) is 5.69 Å². The number of ketones is 1. The van der Waals surface area contributed by atoms with Crippen LogP contribution in [-0.4, -0.2) is 101 Å². The number of anilines is 1. The standard InChI is InChI=1S/C32H45N7O6/c1-2-33-31(44)26(40)6-5-23(34-30(43)25-17-37-8-10-38(25)11-9-37)29(42)35-24-4-3-7-39(32(24)45)18-27(41)36-28-21-13-19-12-20(15-21)16-22(28)14-19/h3-4,7,19-23,25,28H,2,5-6,8-18H2,1H3,(H,33,44)(H,34,43)(H,35,42)(H,36,41)/t19?,20?,21?,22?,23-,25-,28?/m0/s1. The number of hydrogen-bond acceptors (Lipinski definition) is 8. The van der Waals surface area contributed by atoms with Gasteiger partial charge in [-0.2, -0.15) is 0 Å². The molecule has 4 heterocycles. The Morgan fingerprint density at radius 1 is 0.956 bits per heavy atom. The third-order valence-corrected chi connectivity index (χ3v) is 10.6. The van der Waals surface area contributed by atoms with E-state index in [1.54, 1.807) is 13.0 Å². The zero-order valence-electron chi connectivity index (χ0n) is 26.0. The van der Waals surface area contributed by atoms with E-state index in [9.17, 15) is 28.8 Å². The van der Waals surface area contributed by atoms with E-state index in [1.807, 2.05) is 0 Å². The number of Topliss-reactive ketones (excluding diaryl/α,β-unsaturated/α-hetero) is 1. The summed E-state index contributed by atoms with van der Waals surface area (Å²) in [6, 6.07) is 1.61. The number of carbonyl (C=O) groups is 5. The van der Waals surface area contributed by atoms with Crippen molar-refractivity contribution < 1.29 is 24.0 Å². The molecule has 0 spiro atoms. The SMILES string of the molecule is CCNC(=O)C(=O)CC[C@H](NC(=O)[C@@H]1CN2CCN1CC2)C(=O)Nc1cccn(CC(=O)NC2C3CC4CC(C3)CC2C4)c1=O. The van der Waals surface area contributed by atoms with Gasteiger partial charge in [-0.25, -0.2) is 0 Å². The van der Waals surface area contributed by atoms with E-state index < -0.39 is 35.2 Å². The molecule has 0 radical (unpaired) electrons. The van der Waals surface area contributed by atoms with Crippen LogP contribution in [0.3, 0.4) is 0 Å². The lowest BCUT2D eigenvalue weighted by Gasteiger charge is -2.54. The summed E-state index contributed by atoms with van der Waals surface area (Å²) in [5.41, 5.74) is -0.580. The van der Waals surface area contributed by atoms with Crippen molar-refractivity contribution in [1.29, 1.82) is 0 Å². The van der Waals surface area contributed by atoms with Crippen LogP contribution in [0.25, 0.3) is 0 Å². The second kappa shape index (κ2) is 13.4. The van der Waals surface area contributed by atoms with Gasteiger partial charge < -0.3 is 25.8 Å². The van der Waals surface area contributed by atoms with Gasteiger partial charge in [-0.05, 0) is 81.3 Å². The van der Waals surface area contributed by atoms with Gasteiger partial charge in [0.2, 0.25) is 23.5 Å². The highest BCUT2D eigenvalue weighted by atomic mass is 16.2. The minimum atomic E-state index is -1.15. The van der Waals surface area contributed by atoms with Crippen LogP contribution in [0.15, 0.2) is 23.1 Å². The summed E-state index contributed by atoms with van der Waals surface area (Å²) in [6.07, 6.45) is 7.15. The average Bonchev–Trinajstić information content (AvgIpc) is 3.03. The molecular weight excluding hydrogens is 578 g/mol. The number of nitrogens with one attached hydrogen (secondary N) is 4. The number of fused-ring (bicyclic) bond motifs is 3. The Labute approximate surface area is 262 Å². The van der Waals surface area contributed by atoms with Crippen LogP contribution >= 0.6 is 0 Å². The van der Waals surface area contributed by atoms with E-state index in [-0.39, 0.29) is 42.9 Å².